The molecular weight excluding hydrogens is 258 g/mol. The van der Waals surface area contributed by atoms with Crippen LogP contribution in [0, 0.1) is 10.8 Å². The summed E-state index contributed by atoms with van der Waals surface area (Å²) in [4.78, 5) is 23.4. The standard InChI is InChI=1S/C15H29NO4/c1-11(17)15(4,5)10-14(2,3)7-13(19)16-8-12(18)9-20-6/h12,18H,7-10H2,1-6H3,(H,16,19). The lowest BCUT2D eigenvalue weighted by atomic mass is 9.71. The summed E-state index contributed by atoms with van der Waals surface area (Å²) in [5, 5.41) is 12.2. The van der Waals surface area contributed by atoms with Crippen LogP contribution in [-0.2, 0) is 14.3 Å². The Bertz CT molecular complexity index is 337. The summed E-state index contributed by atoms with van der Waals surface area (Å²) in [5.41, 5.74) is -0.704. The molecule has 0 fully saturated rings. The highest BCUT2D eigenvalue weighted by Gasteiger charge is 2.33. The zero-order valence-corrected chi connectivity index (χ0v) is 13.6. The molecule has 118 valence electrons. The third kappa shape index (κ3) is 7.60. The van der Waals surface area contributed by atoms with Crippen molar-refractivity contribution in [2.45, 2.75) is 53.6 Å². The summed E-state index contributed by atoms with van der Waals surface area (Å²) in [6.45, 7) is 9.71. The van der Waals surface area contributed by atoms with Gasteiger partial charge >= 0.3 is 0 Å². The highest BCUT2D eigenvalue weighted by Crippen LogP contribution is 2.36. The topological polar surface area (TPSA) is 75.6 Å². The average molecular weight is 287 g/mol. The Hall–Kier alpha value is -0.940. The fraction of sp³-hybridized carbons (Fsp3) is 0.867. The number of hydrogen-bond acceptors (Lipinski definition) is 4. The van der Waals surface area contributed by atoms with Crippen LogP contribution in [0.2, 0.25) is 0 Å². The summed E-state index contributed by atoms with van der Waals surface area (Å²) in [6, 6.07) is 0. The van der Waals surface area contributed by atoms with Gasteiger partial charge in [0.2, 0.25) is 5.91 Å². The minimum absolute atomic E-state index is 0.121. The van der Waals surface area contributed by atoms with Gasteiger partial charge in [-0.1, -0.05) is 27.7 Å². The van der Waals surface area contributed by atoms with Crippen molar-refractivity contribution in [3.05, 3.63) is 0 Å². The van der Waals surface area contributed by atoms with Gasteiger partial charge in [-0.25, -0.2) is 0 Å². The molecular formula is C15H29NO4. The van der Waals surface area contributed by atoms with Gasteiger partial charge in [0.25, 0.3) is 0 Å². The van der Waals surface area contributed by atoms with E-state index in [9.17, 15) is 14.7 Å². The summed E-state index contributed by atoms with van der Waals surface area (Å²) < 4.78 is 4.79. The molecule has 0 aromatic heterocycles. The van der Waals surface area contributed by atoms with Crippen molar-refractivity contribution in [3.63, 3.8) is 0 Å². The SMILES string of the molecule is COCC(O)CNC(=O)CC(C)(C)CC(C)(C)C(C)=O. The van der Waals surface area contributed by atoms with Gasteiger partial charge in [0.15, 0.2) is 0 Å². The van der Waals surface area contributed by atoms with Crippen LogP contribution in [-0.4, -0.2) is 43.2 Å². The van der Waals surface area contributed by atoms with Gasteiger partial charge in [-0.2, -0.15) is 0 Å². The van der Waals surface area contributed by atoms with Crippen LogP contribution in [0.4, 0.5) is 0 Å². The highest BCUT2D eigenvalue weighted by molar-refractivity contribution is 5.82. The molecule has 2 N–H and O–H groups in total. The second-order valence-electron chi connectivity index (χ2n) is 6.87. The molecule has 0 radical (unpaired) electrons. The third-order valence-electron chi connectivity index (χ3n) is 3.41. The molecule has 1 atom stereocenters. The first-order valence-electron chi connectivity index (χ1n) is 6.95. The minimum atomic E-state index is -0.694. The Labute approximate surface area is 122 Å². The smallest absolute Gasteiger partial charge is 0.220 e. The van der Waals surface area contributed by atoms with E-state index >= 15 is 0 Å². The van der Waals surface area contributed by atoms with E-state index in [0.717, 1.165) is 0 Å². The largest absolute Gasteiger partial charge is 0.389 e. The molecule has 1 unspecified atom stereocenters. The number of hydrogen-bond donors (Lipinski definition) is 2. The van der Waals surface area contributed by atoms with Crippen LogP contribution in [0.15, 0.2) is 0 Å². The fourth-order valence-electron chi connectivity index (χ4n) is 2.36. The zero-order valence-electron chi connectivity index (χ0n) is 13.6. The Morgan fingerprint density at radius 3 is 2.25 bits per heavy atom. The van der Waals surface area contributed by atoms with E-state index < -0.39 is 11.5 Å². The normalized spacial score (nSPS) is 13.9. The van der Waals surface area contributed by atoms with Crippen molar-refractivity contribution >= 4 is 11.7 Å². The molecule has 0 aromatic carbocycles. The third-order valence-corrected chi connectivity index (χ3v) is 3.41. The molecule has 0 saturated heterocycles. The molecule has 5 heteroatoms. The number of ketones is 1. The number of methoxy groups -OCH3 is 1. The second-order valence-corrected chi connectivity index (χ2v) is 6.87. The molecule has 0 spiro atoms. The monoisotopic (exact) mass is 287 g/mol. The van der Waals surface area contributed by atoms with Gasteiger partial charge in [0, 0.05) is 25.5 Å². The van der Waals surface area contributed by atoms with E-state index in [4.69, 9.17) is 4.74 Å². The fourth-order valence-corrected chi connectivity index (χ4v) is 2.36. The molecule has 0 aliphatic rings. The van der Waals surface area contributed by atoms with E-state index in [1.165, 1.54) is 7.11 Å². The maximum atomic E-state index is 11.9. The van der Waals surface area contributed by atoms with E-state index in [1.807, 2.05) is 27.7 Å². The molecule has 20 heavy (non-hydrogen) atoms. The predicted octanol–water partition coefficient (Wildman–Crippen LogP) is 1.53. The predicted molar refractivity (Wildman–Crippen MR) is 78.4 cm³/mol. The lowest BCUT2D eigenvalue weighted by Crippen LogP contribution is -2.38. The van der Waals surface area contributed by atoms with Crippen molar-refractivity contribution < 1.29 is 19.4 Å². The molecule has 0 aliphatic heterocycles. The Kier molecular flexibility index (Phi) is 7.38. The second kappa shape index (κ2) is 7.74. The van der Waals surface area contributed by atoms with Gasteiger partial charge < -0.3 is 15.2 Å². The summed E-state index contributed by atoms with van der Waals surface area (Å²) in [6.07, 6.45) is 0.271. The number of carbonyl (C=O) groups is 2. The van der Waals surface area contributed by atoms with Gasteiger partial charge in [-0.15, -0.1) is 0 Å². The molecule has 0 saturated carbocycles. The maximum absolute atomic E-state index is 11.9. The van der Waals surface area contributed by atoms with Crippen LogP contribution in [0.1, 0.15) is 47.5 Å². The molecule has 5 nitrogen and oxygen atoms in total. The number of carbonyl (C=O) groups excluding carboxylic acids is 2. The maximum Gasteiger partial charge on any atom is 0.220 e. The van der Waals surface area contributed by atoms with E-state index in [2.05, 4.69) is 5.32 Å². The van der Waals surface area contributed by atoms with Crippen molar-refractivity contribution in [1.29, 1.82) is 0 Å². The minimum Gasteiger partial charge on any atom is -0.389 e. The molecule has 0 aromatic rings. The average Bonchev–Trinajstić information content (AvgIpc) is 2.24. The number of aliphatic hydroxyl groups is 1. The Morgan fingerprint density at radius 2 is 1.80 bits per heavy atom. The van der Waals surface area contributed by atoms with E-state index in [0.29, 0.717) is 12.8 Å². The van der Waals surface area contributed by atoms with Crippen molar-refractivity contribution in [2.75, 3.05) is 20.3 Å². The summed E-state index contributed by atoms with van der Waals surface area (Å²) >= 11 is 0. The quantitative estimate of drug-likeness (QED) is 0.674. The number of nitrogens with one attached hydrogen (secondary N) is 1. The van der Waals surface area contributed by atoms with Crippen molar-refractivity contribution in [1.82, 2.24) is 5.32 Å². The van der Waals surface area contributed by atoms with Gasteiger partial charge in [-0.3, -0.25) is 9.59 Å². The van der Waals surface area contributed by atoms with Gasteiger partial charge in [-0.05, 0) is 18.8 Å². The summed E-state index contributed by atoms with van der Waals surface area (Å²) in [5.74, 6) is 0.00556. The summed E-state index contributed by atoms with van der Waals surface area (Å²) in [7, 11) is 1.50. The molecule has 0 heterocycles. The van der Waals surface area contributed by atoms with Crippen LogP contribution < -0.4 is 5.32 Å². The molecule has 0 rings (SSSR count). The van der Waals surface area contributed by atoms with Crippen molar-refractivity contribution in [2.24, 2.45) is 10.8 Å². The first-order valence-corrected chi connectivity index (χ1v) is 6.95. The van der Waals surface area contributed by atoms with Crippen molar-refractivity contribution in [3.8, 4) is 0 Å². The Morgan fingerprint density at radius 1 is 1.25 bits per heavy atom. The van der Waals surface area contributed by atoms with Crippen LogP contribution >= 0.6 is 0 Å². The number of Topliss-reactive ketones (excluding diaryl/α,β-unsaturated/α-hetero) is 1. The Balaban J connectivity index is 4.32. The van der Waals surface area contributed by atoms with Gasteiger partial charge in [0.05, 0.1) is 12.7 Å². The number of aliphatic hydroxyl groups excluding tert-OH is 1. The lowest BCUT2D eigenvalue weighted by molar-refractivity contribution is -0.129. The van der Waals surface area contributed by atoms with E-state index in [-0.39, 0.29) is 30.3 Å². The molecule has 0 bridgehead atoms. The number of ether oxygens (including phenoxy) is 1. The highest BCUT2D eigenvalue weighted by atomic mass is 16.5. The molecule has 1 amide bonds. The first kappa shape index (κ1) is 19.1. The lowest BCUT2D eigenvalue weighted by Gasteiger charge is -2.33. The first-order chi connectivity index (χ1) is 9.00. The van der Waals surface area contributed by atoms with Crippen LogP contribution in [0.25, 0.3) is 0 Å². The van der Waals surface area contributed by atoms with E-state index in [1.54, 1.807) is 6.92 Å². The number of rotatable bonds is 9. The zero-order chi connectivity index (χ0) is 16.0. The van der Waals surface area contributed by atoms with Crippen LogP contribution in [0.5, 0.6) is 0 Å². The molecule has 0 aliphatic carbocycles. The number of amides is 1. The van der Waals surface area contributed by atoms with Crippen LogP contribution in [0.3, 0.4) is 0 Å². The van der Waals surface area contributed by atoms with Gasteiger partial charge in [0.1, 0.15) is 5.78 Å².